The van der Waals surface area contributed by atoms with E-state index in [1.807, 2.05) is 13.2 Å². The average Bonchev–Trinajstić information content (AvgIpc) is 3.00. The Balaban J connectivity index is 1.62. The van der Waals surface area contributed by atoms with Crippen molar-refractivity contribution in [3.05, 3.63) is 33.7 Å². The summed E-state index contributed by atoms with van der Waals surface area (Å²) in [5.41, 5.74) is 7.06. The van der Waals surface area contributed by atoms with Gasteiger partial charge in [-0.1, -0.05) is 11.8 Å². The fourth-order valence-corrected chi connectivity index (χ4v) is 3.67. The molecular formula is C17H21BrN6O2S. The van der Waals surface area contributed by atoms with Crippen molar-refractivity contribution in [2.75, 3.05) is 24.2 Å². The number of aromatic amines is 1. The van der Waals surface area contributed by atoms with E-state index in [0.717, 1.165) is 36.1 Å². The molecule has 1 saturated heterocycles. The van der Waals surface area contributed by atoms with Gasteiger partial charge in [0.15, 0.2) is 5.16 Å². The fourth-order valence-electron chi connectivity index (χ4n) is 2.96. The standard InChI is InChI=1S/C17H21BrN6O2S/c1-9-11(18)7-13(20-9)16(26)21-10-3-5-24(6-4-10)14-8-12(15(19)25)22-17(23-14)27-2/h7-8,10,20H,3-6H2,1-2H3,(H2,19,25)(H,21,26). The van der Waals surface area contributed by atoms with E-state index in [0.29, 0.717) is 16.7 Å². The smallest absolute Gasteiger partial charge is 0.267 e. The van der Waals surface area contributed by atoms with Gasteiger partial charge < -0.3 is 20.9 Å². The third-order valence-electron chi connectivity index (χ3n) is 4.48. The summed E-state index contributed by atoms with van der Waals surface area (Å²) in [5, 5.41) is 3.59. The molecule has 1 fully saturated rings. The van der Waals surface area contributed by atoms with Crippen molar-refractivity contribution in [2.24, 2.45) is 5.73 Å². The van der Waals surface area contributed by atoms with Gasteiger partial charge in [-0.25, -0.2) is 9.97 Å². The summed E-state index contributed by atoms with van der Waals surface area (Å²) in [5.74, 6) is 0.0188. The van der Waals surface area contributed by atoms with Gasteiger partial charge in [-0.2, -0.15) is 0 Å². The zero-order valence-corrected chi connectivity index (χ0v) is 17.5. The Hall–Kier alpha value is -2.07. The van der Waals surface area contributed by atoms with Gasteiger partial charge in [-0.15, -0.1) is 0 Å². The van der Waals surface area contributed by atoms with Crippen molar-refractivity contribution in [1.29, 1.82) is 0 Å². The van der Waals surface area contributed by atoms with Gasteiger partial charge in [-0.3, -0.25) is 9.59 Å². The number of thioether (sulfide) groups is 1. The summed E-state index contributed by atoms with van der Waals surface area (Å²) in [6, 6.07) is 3.50. The predicted octanol–water partition coefficient (Wildman–Crippen LogP) is 2.10. The molecule has 0 spiro atoms. The zero-order chi connectivity index (χ0) is 19.6. The van der Waals surface area contributed by atoms with Gasteiger partial charge in [0.1, 0.15) is 17.2 Å². The number of hydrogen-bond donors (Lipinski definition) is 3. The second-order valence-corrected chi connectivity index (χ2v) is 7.98. The van der Waals surface area contributed by atoms with Gasteiger partial charge in [0.25, 0.3) is 11.8 Å². The number of H-pyrrole nitrogens is 1. The molecule has 0 atom stereocenters. The summed E-state index contributed by atoms with van der Waals surface area (Å²) in [6.45, 7) is 3.35. The SMILES string of the molecule is CSc1nc(C(N)=O)cc(N2CCC(NC(=O)c3cc(Br)c(C)[nH]3)CC2)n1. The molecule has 3 heterocycles. The van der Waals surface area contributed by atoms with Gasteiger partial charge in [-0.05, 0) is 48.0 Å². The minimum atomic E-state index is -0.566. The number of aromatic nitrogens is 3. The third kappa shape index (κ3) is 4.62. The number of nitrogens with two attached hydrogens (primary N) is 1. The van der Waals surface area contributed by atoms with Crippen molar-refractivity contribution >= 4 is 45.3 Å². The highest BCUT2D eigenvalue weighted by Gasteiger charge is 2.24. The lowest BCUT2D eigenvalue weighted by atomic mass is 10.0. The van der Waals surface area contributed by atoms with Crippen LogP contribution in [-0.2, 0) is 0 Å². The summed E-state index contributed by atoms with van der Waals surface area (Å²) < 4.78 is 0.890. The summed E-state index contributed by atoms with van der Waals surface area (Å²) in [4.78, 5) is 37.6. The second kappa shape index (κ2) is 8.30. The first-order valence-electron chi connectivity index (χ1n) is 8.51. The van der Waals surface area contributed by atoms with Gasteiger partial charge in [0.2, 0.25) is 0 Å². The molecule has 144 valence electrons. The lowest BCUT2D eigenvalue weighted by molar-refractivity contribution is 0.0925. The Kier molecular flexibility index (Phi) is 6.05. The molecule has 1 aliphatic heterocycles. The number of carbonyl (C=O) groups excluding carboxylic acids is 2. The number of piperidine rings is 1. The molecule has 0 saturated carbocycles. The normalized spacial score (nSPS) is 15.0. The largest absolute Gasteiger partial charge is 0.364 e. The molecule has 10 heteroatoms. The lowest BCUT2D eigenvalue weighted by Gasteiger charge is -2.33. The van der Waals surface area contributed by atoms with E-state index in [4.69, 9.17) is 5.73 Å². The number of aryl methyl sites for hydroxylation is 1. The van der Waals surface area contributed by atoms with Crippen LogP contribution in [0.5, 0.6) is 0 Å². The van der Waals surface area contributed by atoms with Crippen LogP contribution in [0.3, 0.4) is 0 Å². The summed E-state index contributed by atoms with van der Waals surface area (Å²) in [7, 11) is 0. The topological polar surface area (TPSA) is 117 Å². The van der Waals surface area contributed by atoms with Crippen LogP contribution < -0.4 is 16.0 Å². The van der Waals surface area contributed by atoms with Crippen LogP contribution in [0.2, 0.25) is 0 Å². The van der Waals surface area contributed by atoms with Crippen molar-refractivity contribution in [3.8, 4) is 0 Å². The number of halogens is 1. The van der Waals surface area contributed by atoms with E-state index in [-0.39, 0.29) is 17.6 Å². The molecule has 8 nitrogen and oxygen atoms in total. The highest BCUT2D eigenvalue weighted by atomic mass is 79.9. The first-order chi connectivity index (χ1) is 12.9. The van der Waals surface area contributed by atoms with Crippen LogP contribution in [0, 0.1) is 6.92 Å². The van der Waals surface area contributed by atoms with Crippen LogP contribution in [0.15, 0.2) is 21.8 Å². The summed E-state index contributed by atoms with van der Waals surface area (Å²) >= 11 is 4.77. The minimum Gasteiger partial charge on any atom is -0.364 e. The maximum atomic E-state index is 12.4. The molecule has 4 N–H and O–H groups in total. The number of amides is 2. The fraction of sp³-hybridized carbons (Fsp3) is 0.412. The van der Waals surface area contributed by atoms with Gasteiger partial charge >= 0.3 is 0 Å². The molecule has 3 rings (SSSR count). The number of rotatable bonds is 5. The van der Waals surface area contributed by atoms with Crippen molar-refractivity contribution in [2.45, 2.75) is 31.0 Å². The molecule has 2 aromatic heterocycles. The molecule has 2 amide bonds. The summed E-state index contributed by atoms with van der Waals surface area (Å²) in [6.07, 6.45) is 3.43. The molecule has 27 heavy (non-hydrogen) atoms. The molecular weight excluding hydrogens is 432 g/mol. The molecule has 0 aromatic carbocycles. The Bertz CT molecular complexity index is 844. The van der Waals surface area contributed by atoms with Crippen LogP contribution >= 0.6 is 27.7 Å². The molecule has 2 aromatic rings. The van der Waals surface area contributed by atoms with Crippen LogP contribution in [-0.4, -0.2) is 52.2 Å². The van der Waals surface area contributed by atoms with E-state index >= 15 is 0 Å². The quantitative estimate of drug-likeness (QED) is 0.472. The van der Waals surface area contributed by atoms with Crippen molar-refractivity contribution < 1.29 is 9.59 Å². The second-order valence-electron chi connectivity index (χ2n) is 6.35. The number of carbonyl (C=O) groups is 2. The molecule has 0 aliphatic carbocycles. The highest BCUT2D eigenvalue weighted by molar-refractivity contribution is 9.10. The molecule has 0 radical (unpaired) electrons. The number of hydrogen-bond acceptors (Lipinski definition) is 6. The first-order valence-corrected chi connectivity index (χ1v) is 10.5. The van der Waals surface area contributed by atoms with Crippen LogP contribution in [0.4, 0.5) is 5.82 Å². The Morgan fingerprint density at radius 1 is 1.33 bits per heavy atom. The Labute approximate surface area is 169 Å². The van der Waals surface area contributed by atoms with Gasteiger partial charge in [0, 0.05) is 35.4 Å². The van der Waals surface area contributed by atoms with E-state index in [9.17, 15) is 9.59 Å². The Morgan fingerprint density at radius 3 is 2.59 bits per heavy atom. The van der Waals surface area contributed by atoms with Crippen molar-refractivity contribution in [3.63, 3.8) is 0 Å². The number of primary amides is 1. The monoisotopic (exact) mass is 452 g/mol. The third-order valence-corrected chi connectivity index (χ3v) is 5.85. The lowest BCUT2D eigenvalue weighted by Crippen LogP contribution is -2.45. The zero-order valence-electron chi connectivity index (χ0n) is 15.1. The van der Waals surface area contributed by atoms with Gasteiger partial charge in [0.05, 0.1) is 0 Å². The average molecular weight is 453 g/mol. The Morgan fingerprint density at radius 2 is 2.04 bits per heavy atom. The van der Waals surface area contributed by atoms with E-state index in [1.165, 1.54) is 11.8 Å². The minimum absolute atomic E-state index is 0.0913. The number of anilines is 1. The van der Waals surface area contributed by atoms with Crippen molar-refractivity contribution in [1.82, 2.24) is 20.3 Å². The maximum absolute atomic E-state index is 12.4. The van der Waals surface area contributed by atoms with Crippen LogP contribution in [0.25, 0.3) is 0 Å². The first kappa shape index (κ1) is 19.7. The van der Waals surface area contributed by atoms with E-state index in [1.54, 1.807) is 12.1 Å². The van der Waals surface area contributed by atoms with E-state index < -0.39 is 5.91 Å². The maximum Gasteiger partial charge on any atom is 0.267 e. The van der Waals surface area contributed by atoms with Crippen LogP contribution in [0.1, 0.15) is 39.5 Å². The predicted molar refractivity (Wildman–Crippen MR) is 108 cm³/mol. The highest BCUT2D eigenvalue weighted by Crippen LogP contribution is 2.22. The molecule has 1 aliphatic rings. The van der Waals surface area contributed by atoms with E-state index in [2.05, 4.69) is 41.1 Å². The number of nitrogens with zero attached hydrogens (tertiary/aromatic N) is 3. The molecule has 0 bridgehead atoms. The number of nitrogens with one attached hydrogen (secondary N) is 2. The molecule has 0 unspecified atom stereocenters.